The van der Waals surface area contributed by atoms with Crippen LogP contribution in [0.2, 0.25) is 0 Å². The van der Waals surface area contributed by atoms with Crippen molar-refractivity contribution in [1.29, 1.82) is 0 Å². The molecule has 3 rings (SSSR count). The maximum absolute atomic E-state index is 12.6. The van der Waals surface area contributed by atoms with E-state index in [4.69, 9.17) is 9.47 Å². The number of nitrogens with one attached hydrogen (secondary N) is 2. The minimum Gasteiger partial charge on any atom is -0.497 e. The summed E-state index contributed by atoms with van der Waals surface area (Å²) in [5, 5.41) is 2.70. The van der Waals surface area contributed by atoms with Crippen molar-refractivity contribution >= 4 is 27.4 Å². The van der Waals surface area contributed by atoms with Gasteiger partial charge in [0.25, 0.3) is 15.9 Å². The van der Waals surface area contributed by atoms with Crippen molar-refractivity contribution in [2.75, 3.05) is 17.1 Å². The zero-order chi connectivity index (χ0) is 23.3. The average Bonchev–Trinajstić information content (AvgIpc) is 2.73. The molecule has 0 aliphatic rings. The van der Waals surface area contributed by atoms with Crippen molar-refractivity contribution in [2.24, 2.45) is 0 Å². The van der Waals surface area contributed by atoms with Gasteiger partial charge >= 0.3 is 0 Å². The lowest BCUT2D eigenvalue weighted by Crippen LogP contribution is -2.30. The highest BCUT2D eigenvalue weighted by Gasteiger charge is 2.18. The second kappa shape index (κ2) is 9.65. The fourth-order valence-electron chi connectivity index (χ4n) is 2.84. The van der Waals surface area contributed by atoms with Crippen molar-refractivity contribution < 1.29 is 22.7 Å². The lowest BCUT2D eigenvalue weighted by Gasteiger charge is -2.15. The van der Waals surface area contributed by atoms with Gasteiger partial charge in [-0.3, -0.25) is 9.52 Å². The van der Waals surface area contributed by atoms with Gasteiger partial charge in [0.05, 0.1) is 12.0 Å². The second-order valence-electron chi connectivity index (χ2n) is 7.00. The van der Waals surface area contributed by atoms with Crippen LogP contribution in [0.15, 0.2) is 59.5 Å². The van der Waals surface area contributed by atoms with Gasteiger partial charge in [-0.25, -0.2) is 18.4 Å². The van der Waals surface area contributed by atoms with Gasteiger partial charge in [-0.2, -0.15) is 0 Å². The number of methoxy groups -OCH3 is 1. The maximum Gasteiger partial charge on any atom is 0.265 e. The van der Waals surface area contributed by atoms with Gasteiger partial charge in [0.2, 0.25) is 0 Å². The number of nitrogens with zero attached hydrogens (tertiary/aromatic N) is 2. The summed E-state index contributed by atoms with van der Waals surface area (Å²) in [6.45, 7) is 5.05. The number of hydrogen-bond acceptors (Lipinski definition) is 7. The van der Waals surface area contributed by atoms with Gasteiger partial charge in [0, 0.05) is 17.4 Å². The number of rotatable bonds is 8. The number of anilines is 2. The van der Waals surface area contributed by atoms with Crippen LogP contribution in [0.5, 0.6) is 11.5 Å². The molecule has 2 aromatic carbocycles. The van der Waals surface area contributed by atoms with Crippen LogP contribution in [-0.2, 0) is 14.8 Å². The quantitative estimate of drug-likeness (QED) is 0.534. The normalized spacial score (nSPS) is 12.0. The van der Waals surface area contributed by atoms with Gasteiger partial charge in [-0.15, -0.1) is 0 Å². The molecule has 0 aliphatic carbocycles. The molecule has 32 heavy (non-hydrogen) atoms. The van der Waals surface area contributed by atoms with Crippen molar-refractivity contribution in [1.82, 2.24) is 9.97 Å². The Morgan fingerprint density at radius 2 is 1.59 bits per heavy atom. The molecule has 0 bridgehead atoms. The molecule has 2 N–H and O–H groups in total. The first-order chi connectivity index (χ1) is 15.2. The van der Waals surface area contributed by atoms with Crippen LogP contribution in [0.3, 0.4) is 0 Å². The summed E-state index contributed by atoms with van der Waals surface area (Å²) in [6.07, 6.45) is -0.766. The predicted octanol–water partition coefficient (Wildman–Crippen LogP) is 3.31. The minimum atomic E-state index is -3.84. The van der Waals surface area contributed by atoms with Crippen molar-refractivity contribution in [3.63, 3.8) is 0 Å². The number of benzene rings is 2. The van der Waals surface area contributed by atoms with Crippen LogP contribution in [0.1, 0.15) is 18.4 Å². The van der Waals surface area contributed by atoms with E-state index in [1.807, 2.05) is 0 Å². The first-order valence-electron chi connectivity index (χ1n) is 9.73. The Morgan fingerprint density at radius 3 is 2.19 bits per heavy atom. The van der Waals surface area contributed by atoms with E-state index in [9.17, 15) is 13.2 Å². The molecule has 0 saturated carbocycles. The Balaban J connectivity index is 1.63. The van der Waals surface area contributed by atoms with E-state index in [0.29, 0.717) is 28.7 Å². The van der Waals surface area contributed by atoms with Gasteiger partial charge in [-0.05, 0) is 69.3 Å². The van der Waals surface area contributed by atoms with E-state index in [0.717, 1.165) is 0 Å². The maximum atomic E-state index is 12.6. The summed E-state index contributed by atoms with van der Waals surface area (Å²) in [5.41, 5.74) is 1.09. The molecule has 0 saturated heterocycles. The topological polar surface area (TPSA) is 120 Å². The highest BCUT2D eigenvalue weighted by Crippen LogP contribution is 2.20. The third kappa shape index (κ3) is 5.94. The molecule has 1 heterocycles. The smallest absolute Gasteiger partial charge is 0.265 e. The molecule has 168 valence electrons. The Labute approximate surface area is 186 Å². The number of carbonyl (C=O) groups is 1. The minimum absolute atomic E-state index is 0.0342. The zero-order valence-corrected chi connectivity index (χ0v) is 18.9. The van der Waals surface area contributed by atoms with Gasteiger partial charge in [0.1, 0.15) is 23.1 Å². The molecule has 10 heteroatoms. The standard InChI is InChI=1S/C22H24N4O5S/c1-14-13-21(24-16(3)23-14)26-32(28,29)20-11-5-17(6-12-20)25-22(27)15(2)31-19-9-7-18(30-4)8-10-19/h5-13,15H,1-4H3,(H,25,27)(H,23,24,26). The largest absolute Gasteiger partial charge is 0.497 e. The molecule has 0 spiro atoms. The van der Waals surface area contributed by atoms with E-state index in [2.05, 4.69) is 20.0 Å². The Hall–Kier alpha value is -3.66. The van der Waals surface area contributed by atoms with Crippen molar-refractivity contribution in [3.05, 3.63) is 66.1 Å². The molecule has 3 aromatic rings. The fraction of sp³-hybridized carbons (Fsp3) is 0.227. The van der Waals surface area contributed by atoms with E-state index in [1.54, 1.807) is 58.2 Å². The van der Waals surface area contributed by atoms with Crippen LogP contribution in [0.25, 0.3) is 0 Å². The molecule has 9 nitrogen and oxygen atoms in total. The summed E-state index contributed by atoms with van der Waals surface area (Å²) in [5.74, 6) is 1.49. The SMILES string of the molecule is COc1ccc(OC(C)C(=O)Nc2ccc(S(=O)(=O)Nc3cc(C)nc(C)n3)cc2)cc1. The van der Waals surface area contributed by atoms with E-state index in [-0.39, 0.29) is 16.6 Å². The summed E-state index contributed by atoms with van der Waals surface area (Å²) >= 11 is 0. The number of sulfonamides is 1. The predicted molar refractivity (Wildman–Crippen MR) is 120 cm³/mol. The molecular weight excluding hydrogens is 432 g/mol. The van der Waals surface area contributed by atoms with E-state index < -0.39 is 16.1 Å². The Morgan fingerprint density at radius 1 is 0.969 bits per heavy atom. The number of ether oxygens (including phenoxy) is 2. The third-order valence-corrected chi connectivity index (χ3v) is 5.75. The lowest BCUT2D eigenvalue weighted by molar-refractivity contribution is -0.122. The molecule has 1 aromatic heterocycles. The van der Waals surface area contributed by atoms with Gasteiger partial charge < -0.3 is 14.8 Å². The number of amides is 1. The summed E-state index contributed by atoms with van der Waals surface area (Å²) < 4.78 is 38.4. The monoisotopic (exact) mass is 456 g/mol. The Kier molecular flexibility index (Phi) is 6.94. The average molecular weight is 457 g/mol. The lowest BCUT2D eigenvalue weighted by atomic mass is 10.3. The van der Waals surface area contributed by atoms with Gasteiger partial charge in [-0.1, -0.05) is 0 Å². The second-order valence-corrected chi connectivity index (χ2v) is 8.68. The van der Waals surface area contributed by atoms with Crippen LogP contribution in [0, 0.1) is 13.8 Å². The Bertz CT molecular complexity index is 1180. The van der Waals surface area contributed by atoms with Crippen LogP contribution in [0.4, 0.5) is 11.5 Å². The molecular formula is C22H24N4O5S. The highest BCUT2D eigenvalue weighted by atomic mass is 32.2. The van der Waals surface area contributed by atoms with Crippen LogP contribution in [-0.4, -0.2) is 37.5 Å². The fourth-order valence-corrected chi connectivity index (χ4v) is 3.83. The van der Waals surface area contributed by atoms with Gasteiger partial charge in [0.15, 0.2) is 6.10 Å². The van der Waals surface area contributed by atoms with E-state index in [1.165, 1.54) is 24.3 Å². The molecule has 0 radical (unpaired) electrons. The van der Waals surface area contributed by atoms with Crippen LogP contribution >= 0.6 is 0 Å². The zero-order valence-electron chi connectivity index (χ0n) is 18.1. The van der Waals surface area contributed by atoms with Crippen molar-refractivity contribution in [3.8, 4) is 11.5 Å². The molecule has 1 amide bonds. The molecule has 0 fully saturated rings. The summed E-state index contributed by atoms with van der Waals surface area (Å²) in [6, 6.07) is 14.2. The highest BCUT2D eigenvalue weighted by molar-refractivity contribution is 7.92. The third-order valence-electron chi connectivity index (χ3n) is 4.38. The summed E-state index contributed by atoms with van der Waals surface area (Å²) in [4.78, 5) is 20.7. The number of carbonyl (C=O) groups excluding carboxylic acids is 1. The van der Waals surface area contributed by atoms with Crippen LogP contribution < -0.4 is 19.5 Å². The number of aryl methyl sites for hydroxylation is 2. The molecule has 0 aliphatic heterocycles. The molecule has 1 unspecified atom stereocenters. The molecule has 1 atom stereocenters. The van der Waals surface area contributed by atoms with Crippen molar-refractivity contribution in [2.45, 2.75) is 31.8 Å². The first-order valence-corrected chi connectivity index (χ1v) is 11.2. The number of aromatic nitrogens is 2. The number of hydrogen-bond donors (Lipinski definition) is 2. The first kappa shape index (κ1) is 23.0. The van der Waals surface area contributed by atoms with E-state index >= 15 is 0 Å². The summed E-state index contributed by atoms with van der Waals surface area (Å²) in [7, 11) is -2.28.